The van der Waals surface area contributed by atoms with Crippen LogP contribution in [0.5, 0.6) is 5.75 Å². The second-order valence-electron chi connectivity index (χ2n) is 3.58. The number of anilines is 2. The summed E-state index contributed by atoms with van der Waals surface area (Å²) >= 11 is 0. The molecular weight excluding hydrogens is 200 g/mol. The van der Waals surface area contributed by atoms with Gasteiger partial charge in [0.15, 0.2) is 0 Å². The third-order valence-electron chi connectivity index (χ3n) is 2.47. The Hall–Kier alpha value is -2.16. The van der Waals surface area contributed by atoms with Gasteiger partial charge in [0.25, 0.3) is 0 Å². The summed E-state index contributed by atoms with van der Waals surface area (Å²) in [6.07, 6.45) is 0. The summed E-state index contributed by atoms with van der Waals surface area (Å²) in [6.45, 7) is 0. The van der Waals surface area contributed by atoms with E-state index in [1.165, 1.54) is 0 Å². The molecule has 16 heavy (non-hydrogen) atoms. The molecule has 2 aromatic carbocycles. The molecule has 0 aliphatic rings. The minimum atomic E-state index is 0.636. The molecule has 0 fully saturated rings. The zero-order valence-corrected chi connectivity index (χ0v) is 9.10. The first-order valence-electron chi connectivity index (χ1n) is 5.00. The Morgan fingerprint density at radius 2 is 1.50 bits per heavy atom. The number of ether oxygens (including phenoxy) is 1. The smallest absolute Gasteiger partial charge is 0.141 e. The van der Waals surface area contributed by atoms with Gasteiger partial charge in [-0.3, -0.25) is 0 Å². The van der Waals surface area contributed by atoms with Crippen molar-refractivity contribution >= 4 is 11.4 Å². The van der Waals surface area contributed by atoms with E-state index < -0.39 is 0 Å². The molecule has 4 N–H and O–H groups in total. The Kier molecular flexibility index (Phi) is 2.68. The van der Waals surface area contributed by atoms with Gasteiger partial charge in [0.05, 0.1) is 12.8 Å². The lowest BCUT2D eigenvalue weighted by molar-refractivity contribution is 0.417. The average Bonchev–Trinajstić information content (AvgIpc) is 2.30. The van der Waals surface area contributed by atoms with Crippen molar-refractivity contribution in [2.45, 2.75) is 0 Å². The molecule has 2 rings (SSSR count). The van der Waals surface area contributed by atoms with Gasteiger partial charge in [-0.15, -0.1) is 0 Å². The molecule has 2 aromatic rings. The first-order chi connectivity index (χ1) is 7.70. The topological polar surface area (TPSA) is 61.3 Å². The predicted octanol–water partition coefficient (Wildman–Crippen LogP) is 2.53. The Morgan fingerprint density at radius 1 is 0.875 bits per heavy atom. The van der Waals surface area contributed by atoms with E-state index in [0.717, 1.165) is 16.8 Å². The zero-order valence-electron chi connectivity index (χ0n) is 9.10. The normalized spacial score (nSPS) is 10.1. The number of hydrogen-bond acceptors (Lipinski definition) is 3. The van der Waals surface area contributed by atoms with Gasteiger partial charge in [-0.1, -0.05) is 18.2 Å². The van der Waals surface area contributed by atoms with Crippen molar-refractivity contribution in [3.8, 4) is 16.9 Å². The third kappa shape index (κ3) is 1.93. The van der Waals surface area contributed by atoms with Crippen LogP contribution >= 0.6 is 0 Å². The van der Waals surface area contributed by atoms with Crippen LogP contribution in [0, 0.1) is 0 Å². The number of nitrogens with two attached hydrogens (primary N) is 2. The van der Waals surface area contributed by atoms with Crippen molar-refractivity contribution in [2.75, 3.05) is 18.6 Å². The van der Waals surface area contributed by atoms with Crippen LogP contribution in [0.1, 0.15) is 0 Å². The molecule has 0 atom stereocenters. The van der Waals surface area contributed by atoms with Gasteiger partial charge in [-0.2, -0.15) is 0 Å². The summed E-state index contributed by atoms with van der Waals surface area (Å²) in [7, 11) is 1.61. The van der Waals surface area contributed by atoms with Gasteiger partial charge in [-0.05, 0) is 35.4 Å². The Bertz CT molecular complexity index is 492. The molecule has 3 heteroatoms. The third-order valence-corrected chi connectivity index (χ3v) is 2.47. The maximum absolute atomic E-state index is 5.85. The highest BCUT2D eigenvalue weighted by Gasteiger charge is 2.02. The zero-order chi connectivity index (χ0) is 11.5. The van der Waals surface area contributed by atoms with Gasteiger partial charge >= 0.3 is 0 Å². The van der Waals surface area contributed by atoms with Gasteiger partial charge in [0.1, 0.15) is 5.75 Å². The van der Waals surface area contributed by atoms with Crippen molar-refractivity contribution in [3.05, 3.63) is 42.5 Å². The molecule has 0 saturated heterocycles. The predicted molar refractivity (Wildman–Crippen MR) is 67.3 cm³/mol. The van der Waals surface area contributed by atoms with Crippen LogP contribution in [-0.4, -0.2) is 7.11 Å². The monoisotopic (exact) mass is 214 g/mol. The molecule has 0 aliphatic heterocycles. The fourth-order valence-electron chi connectivity index (χ4n) is 1.59. The number of rotatable bonds is 2. The van der Waals surface area contributed by atoms with Crippen LogP contribution in [0.3, 0.4) is 0 Å². The number of benzene rings is 2. The van der Waals surface area contributed by atoms with Crippen LogP contribution in [0.25, 0.3) is 11.1 Å². The maximum Gasteiger partial charge on any atom is 0.141 e. The van der Waals surface area contributed by atoms with Crippen molar-refractivity contribution in [2.24, 2.45) is 0 Å². The van der Waals surface area contributed by atoms with Crippen LogP contribution in [-0.2, 0) is 0 Å². The second kappa shape index (κ2) is 4.14. The molecule has 0 heterocycles. The summed E-state index contributed by atoms with van der Waals surface area (Å²) < 4.78 is 5.11. The van der Waals surface area contributed by atoms with E-state index >= 15 is 0 Å². The van der Waals surface area contributed by atoms with Gasteiger partial charge in [0, 0.05) is 5.69 Å². The van der Waals surface area contributed by atoms with Crippen LogP contribution in [0.2, 0.25) is 0 Å². The van der Waals surface area contributed by atoms with Crippen LogP contribution in [0.15, 0.2) is 42.5 Å². The Morgan fingerprint density at radius 3 is 2.06 bits per heavy atom. The summed E-state index contributed by atoms with van der Waals surface area (Å²) in [6, 6.07) is 13.4. The lowest BCUT2D eigenvalue weighted by Crippen LogP contribution is -1.92. The minimum absolute atomic E-state index is 0.636. The molecule has 0 saturated carbocycles. The SMILES string of the molecule is COc1ccc(-c2ccc(N)cc2)cc1N. The average molecular weight is 214 g/mol. The van der Waals surface area contributed by atoms with E-state index in [1.807, 2.05) is 42.5 Å². The molecule has 0 aliphatic carbocycles. The van der Waals surface area contributed by atoms with Crippen molar-refractivity contribution in [1.82, 2.24) is 0 Å². The molecule has 3 nitrogen and oxygen atoms in total. The first kappa shape index (κ1) is 10.4. The van der Waals surface area contributed by atoms with Gasteiger partial charge in [0.2, 0.25) is 0 Å². The first-order valence-corrected chi connectivity index (χ1v) is 5.00. The summed E-state index contributed by atoms with van der Waals surface area (Å²) in [5.74, 6) is 0.694. The maximum atomic E-state index is 5.85. The van der Waals surface area contributed by atoms with Gasteiger partial charge < -0.3 is 16.2 Å². The summed E-state index contributed by atoms with van der Waals surface area (Å²) in [5, 5.41) is 0. The highest BCUT2D eigenvalue weighted by molar-refractivity contribution is 5.71. The molecule has 0 amide bonds. The molecular formula is C13H14N2O. The number of methoxy groups -OCH3 is 1. The van der Waals surface area contributed by atoms with Crippen molar-refractivity contribution < 1.29 is 4.74 Å². The summed E-state index contributed by atoms with van der Waals surface area (Å²) in [4.78, 5) is 0. The van der Waals surface area contributed by atoms with Gasteiger partial charge in [-0.25, -0.2) is 0 Å². The second-order valence-corrected chi connectivity index (χ2v) is 3.58. The Labute approximate surface area is 94.6 Å². The lowest BCUT2D eigenvalue weighted by Gasteiger charge is -2.07. The molecule has 0 radical (unpaired) electrons. The van der Waals surface area contributed by atoms with E-state index in [1.54, 1.807) is 7.11 Å². The number of nitrogen functional groups attached to an aromatic ring is 2. The molecule has 0 spiro atoms. The van der Waals surface area contributed by atoms with E-state index in [0.29, 0.717) is 11.4 Å². The Balaban J connectivity index is 2.41. The minimum Gasteiger partial charge on any atom is -0.495 e. The molecule has 0 bridgehead atoms. The van der Waals surface area contributed by atoms with Crippen LogP contribution < -0.4 is 16.2 Å². The van der Waals surface area contributed by atoms with Crippen molar-refractivity contribution in [1.29, 1.82) is 0 Å². The fourth-order valence-corrected chi connectivity index (χ4v) is 1.59. The van der Waals surface area contributed by atoms with E-state index in [9.17, 15) is 0 Å². The quantitative estimate of drug-likeness (QED) is 0.755. The summed E-state index contributed by atoms with van der Waals surface area (Å²) in [5.41, 5.74) is 15.0. The van der Waals surface area contributed by atoms with E-state index in [-0.39, 0.29) is 0 Å². The standard InChI is InChI=1S/C13H14N2O/c1-16-13-7-4-10(8-12(13)15)9-2-5-11(14)6-3-9/h2-8H,14-15H2,1H3. The molecule has 82 valence electrons. The highest BCUT2D eigenvalue weighted by atomic mass is 16.5. The largest absolute Gasteiger partial charge is 0.495 e. The fraction of sp³-hybridized carbons (Fsp3) is 0.0769. The lowest BCUT2D eigenvalue weighted by atomic mass is 10.0. The number of hydrogen-bond donors (Lipinski definition) is 2. The van der Waals surface area contributed by atoms with Crippen LogP contribution in [0.4, 0.5) is 11.4 Å². The molecule has 0 unspecified atom stereocenters. The van der Waals surface area contributed by atoms with E-state index in [2.05, 4.69) is 0 Å². The molecule has 0 aromatic heterocycles. The van der Waals surface area contributed by atoms with E-state index in [4.69, 9.17) is 16.2 Å². The highest BCUT2D eigenvalue weighted by Crippen LogP contribution is 2.28. The van der Waals surface area contributed by atoms with Crippen molar-refractivity contribution in [3.63, 3.8) is 0 Å².